The van der Waals surface area contributed by atoms with Crippen molar-refractivity contribution >= 4 is 28.7 Å². The zero-order valence-corrected chi connectivity index (χ0v) is 12.1. The van der Waals surface area contributed by atoms with Crippen LogP contribution in [0.15, 0.2) is 42.5 Å². The zero-order chi connectivity index (χ0) is 17.0. The van der Waals surface area contributed by atoms with Gasteiger partial charge in [0.25, 0.3) is 0 Å². The van der Waals surface area contributed by atoms with E-state index in [1.165, 1.54) is 12.1 Å². The minimum Gasteiger partial charge on any atom is -0.406 e. The maximum absolute atomic E-state index is 13.5. The molecule has 0 saturated carbocycles. The average Bonchev–Trinajstić information content (AvgIpc) is 2.41. The van der Waals surface area contributed by atoms with Crippen molar-refractivity contribution in [3.63, 3.8) is 0 Å². The third-order valence-corrected chi connectivity index (χ3v) is 2.71. The molecule has 9 heteroatoms. The Morgan fingerprint density at radius 2 is 1.74 bits per heavy atom. The van der Waals surface area contributed by atoms with Gasteiger partial charge in [-0.05, 0) is 36.5 Å². The fourth-order valence-electron chi connectivity index (χ4n) is 1.65. The molecule has 0 aliphatic rings. The molecule has 0 heterocycles. The lowest BCUT2D eigenvalue weighted by Crippen LogP contribution is -2.20. The Hall–Kier alpha value is -2.42. The van der Waals surface area contributed by atoms with Gasteiger partial charge in [0.15, 0.2) is 5.11 Å². The number of anilines is 2. The normalized spacial score (nSPS) is 11.0. The third-order valence-electron chi connectivity index (χ3n) is 2.50. The van der Waals surface area contributed by atoms with E-state index in [1.54, 1.807) is 0 Å². The van der Waals surface area contributed by atoms with E-state index >= 15 is 0 Å². The van der Waals surface area contributed by atoms with Gasteiger partial charge in [-0.15, -0.1) is 13.2 Å². The molecule has 23 heavy (non-hydrogen) atoms. The average molecular weight is 348 g/mol. The van der Waals surface area contributed by atoms with Crippen molar-refractivity contribution in [2.45, 2.75) is 6.36 Å². The van der Waals surface area contributed by atoms with Gasteiger partial charge in [-0.3, -0.25) is 0 Å². The number of halogens is 5. The van der Waals surface area contributed by atoms with Gasteiger partial charge >= 0.3 is 6.36 Å². The van der Waals surface area contributed by atoms with Crippen molar-refractivity contribution < 1.29 is 26.7 Å². The van der Waals surface area contributed by atoms with E-state index < -0.39 is 23.7 Å². The maximum Gasteiger partial charge on any atom is 0.573 e. The number of hydrogen-bond acceptors (Lipinski definition) is 2. The second-order valence-corrected chi connectivity index (χ2v) is 4.69. The van der Waals surface area contributed by atoms with Gasteiger partial charge in [-0.2, -0.15) is 0 Å². The van der Waals surface area contributed by atoms with Crippen molar-refractivity contribution in [2.75, 3.05) is 10.6 Å². The van der Waals surface area contributed by atoms with E-state index in [0.29, 0.717) is 0 Å². The molecular formula is C14H9F5N2OS. The van der Waals surface area contributed by atoms with Crippen LogP contribution in [0.2, 0.25) is 0 Å². The fourth-order valence-corrected chi connectivity index (χ4v) is 1.88. The van der Waals surface area contributed by atoms with Gasteiger partial charge in [0.05, 0.1) is 5.69 Å². The van der Waals surface area contributed by atoms with E-state index in [2.05, 4.69) is 15.4 Å². The molecule has 122 valence electrons. The molecule has 0 saturated heterocycles. The summed E-state index contributed by atoms with van der Waals surface area (Å²) < 4.78 is 66.7. The summed E-state index contributed by atoms with van der Waals surface area (Å²) in [6.45, 7) is 0. The maximum atomic E-state index is 13.5. The highest BCUT2D eigenvalue weighted by Gasteiger charge is 2.31. The third kappa shape index (κ3) is 5.37. The number of nitrogens with one attached hydrogen (secondary N) is 2. The number of benzene rings is 2. The van der Waals surface area contributed by atoms with Gasteiger partial charge < -0.3 is 15.4 Å². The standard InChI is InChI=1S/C14H9F5N2OS/c15-8-4-5-11(16)12(6-8)21-13(23)20-9-2-1-3-10(7-9)22-14(17,18)19/h1-7H,(H2,20,21,23). The summed E-state index contributed by atoms with van der Waals surface area (Å²) in [5.41, 5.74) is -0.0220. The lowest BCUT2D eigenvalue weighted by molar-refractivity contribution is -0.274. The largest absolute Gasteiger partial charge is 0.573 e. The number of thiocarbonyl (C=S) groups is 1. The van der Waals surface area contributed by atoms with Gasteiger partial charge in [0, 0.05) is 17.8 Å². The Labute approximate surface area is 133 Å². The van der Waals surface area contributed by atoms with Gasteiger partial charge in [0.1, 0.15) is 17.4 Å². The Balaban J connectivity index is 2.05. The Morgan fingerprint density at radius 1 is 1.00 bits per heavy atom. The van der Waals surface area contributed by atoms with E-state index in [1.807, 2.05) is 0 Å². The topological polar surface area (TPSA) is 33.3 Å². The number of hydrogen-bond donors (Lipinski definition) is 2. The Bertz CT molecular complexity index is 721. The number of ether oxygens (including phenoxy) is 1. The first-order valence-electron chi connectivity index (χ1n) is 6.12. The van der Waals surface area contributed by atoms with Crippen LogP contribution in [-0.2, 0) is 0 Å². The predicted molar refractivity (Wildman–Crippen MR) is 79.3 cm³/mol. The monoisotopic (exact) mass is 348 g/mol. The first kappa shape index (κ1) is 16.9. The van der Waals surface area contributed by atoms with Gasteiger partial charge in [-0.1, -0.05) is 6.07 Å². The minimum atomic E-state index is -4.82. The number of alkyl halides is 3. The summed E-state index contributed by atoms with van der Waals surface area (Å²) in [6, 6.07) is 7.66. The molecule has 2 N–H and O–H groups in total. The summed E-state index contributed by atoms with van der Waals surface area (Å²) in [7, 11) is 0. The second-order valence-electron chi connectivity index (χ2n) is 4.28. The predicted octanol–water partition coefficient (Wildman–Crippen LogP) is 4.67. The van der Waals surface area contributed by atoms with Crippen LogP contribution in [0.3, 0.4) is 0 Å². The Kier molecular flexibility index (Phi) is 4.99. The van der Waals surface area contributed by atoms with Crippen LogP contribution in [0, 0.1) is 11.6 Å². The molecule has 0 unspecified atom stereocenters. The molecule has 0 fully saturated rings. The highest BCUT2D eigenvalue weighted by molar-refractivity contribution is 7.80. The van der Waals surface area contributed by atoms with E-state index in [9.17, 15) is 22.0 Å². The van der Waals surface area contributed by atoms with Crippen molar-refractivity contribution in [1.29, 1.82) is 0 Å². The Morgan fingerprint density at radius 3 is 2.43 bits per heavy atom. The molecule has 0 aromatic heterocycles. The quantitative estimate of drug-likeness (QED) is 0.624. The number of rotatable bonds is 3. The lowest BCUT2D eigenvalue weighted by Gasteiger charge is -2.13. The van der Waals surface area contributed by atoms with Crippen LogP contribution in [0.1, 0.15) is 0 Å². The van der Waals surface area contributed by atoms with E-state index in [0.717, 1.165) is 30.3 Å². The second kappa shape index (κ2) is 6.78. The van der Waals surface area contributed by atoms with Crippen LogP contribution in [0.25, 0.3) is 0 Å². The molecule has 0 radical (unpaired) electrons. The first-order valence-corrected chi connectivity index (χ1v) is 6.52. The van der Waals surface area contributed by atoms with Crippen LogP contribution in [-0.4, -0.2) is 11.5 Å². The summed E-state index contributed by atoms with van der Waals surface area (Å²) >= 11 is 4.90. The zero-order valence-electron chi connectivity index (χ0n) is 11.2. The summed E-state index contributed by atoms with van der Waals surface area (Å²) in [4.78, 5) is 0. The van der Waals surface area contributed by atoms with E-state index in [-0.39, 0.29) is 16.5 Å². The molecule has 2 aromatic rings. The summed E-state index contributed by atoms with van der Waals surface area (Å²) in [6.07, 6.45) is -4.82. The molecule has 0 aliphatic carbocycles. The SMILES string of the molecule is Fc1ccc(F)c(NC(=S)Nc2cccc(OC(F)(F)F)c2)c1. The fraction of sp³-hybridized carbons (Fsp3) is 0.0714. The summed E-state index contributed by atoms with van der Waals surface area (Å²) in [5.74, 6) is -1.84. The highest BCUT2D eigenvalue weighted by Crippen LogP contribution is 2.25. The van der Waals surface area contributed by atoms with E-state index in [4.69, 9.17) is 12.2 Å². The summed E-state index contributed by atoms with van der Waals surface area (Å²) in [5, 5.41) is 4.83. The molecule has 2 aromatic carbocycles. The first-order chi connectivity index (χ1) is 10.7. The van der Waals surface area contributed by atoms with Crippen LogP contribution >= 0.6 is 12.2 Å². The highest BCUT2D eigenvalue weighted by atomic mass is 32.1. The van der Waals surface area contributed by atoms with Crippen molar-refractivity contribution in [3.8, 4) is 5.75 Å². The lowest BCUT2D eigenvalue weighted by atomic mass is 10.3. The molecule has 0 spiro atoms. The van der Waals surface area contributed by atoms with Crippen molar-refractivity contribution in [3.05, 3.63) is 54.1 Å². The van der Waals surface area contributed by atoms with Crippen LogP contribution in [0.4, 0.5) is 33.3 Å². The minimum absolute atomic E-state index is 0.126. The molecule has 2 rings (SSSR count). The molecule has 0 aliphatic heterocycles. The molecular weight excluding hydrogens is 339 g/mol. The molecule has 3 nitrogen and oxygen atoms in total. The molecule has 0 amide bonds. The smallest absolute Gasteiger partial charge is 0.406 e. The van der Waals surface area contributed by atoms with Crippen LogP contribution in [0.5, 0.6) is 5.75 Å². The van der Waals surface area contributed by atoms with Crippen LogP contribution < -0.4 is 15.4 Å². The van der Waals surface area contributed by atoms with Crippen molar-refractivity contribution in [1.82, 2.24) is 0 Å². The molecule has 0 atom stereocenters. The van der Waals surface area contributed by atoms with Crippen molar-refractivity contribution in [2.24, 2.45) is 0 Å². The molecule has 0 bridgehead atoms. The van der Waals surface area contributed by atoms with Gasteiger partial charge in [-0.25, -0.2) is 8.78 Å². The van der Waals surface area contributed by atoms with Gasteiger partial charge in [0.2, 0.25) is 0 Å².